The molecule has 0 radical (unpaired) electrons. The van der Waals surface area contributed by atoms with Gasteiger partial charge in [-0.1, -0.05) is 30.3 Å². The first-order valence-corrected chi connectivity index (χ1v) is 11.1. The lowest BCUT2D eigenvalue weighted by Gasteiger charge is -2.35. The fraction of sp³-hybridized carbons (Fsp3) is 0.318. The molecule has 158 valence electrons. The largest absolute Gasteiger partial charge is 0.335 e. The molecule has 0 spiro atoms. The number of rotatable bonds is 7. The first-order chi connectivity index (χ1) is 14.5. The maximum absolute atomic E-state index is 13.4. The number of benzene rings is 2. The molecule has 1 atom stereocenters. The van der Waals surface area contributed by atoms with Gasteiger partial charge in [-0.3, -0.25) is 0 Å². The molecule has 1 aromatic heterocycles. The van der Waals surface area contributed by atoms with E-state index in [-0.39, 0.29) is 11.8 Å². The van der Waals surface area contributed by atoms with Crippen molar-refractivity contribution in [1.29, 1.82) is 0 Å². The molecular weight excluding hydrogens is 423 g/mol. The standard InChI is InChI=1S/C22H24ClFN4OS/c1-3-22(14-26-21(29)28(22)11-10-25-2)30-20-13-27(17-7-5-16(24)6-8-17)19-9-4-15(23)12-18(19)20/h4-9,12-13,25H,3,10-11,14H2,1-2H3,(H,26,29). The molecule has 1 aliphatic heterocycles. The van der Waals surface area contributed by atoms with Crippen molar-refractivity contribution in [3.05, 3.63) is 59.5 Å². The number of amides is 2. The molecule has 30 heavy (non-hydrogen) atoms. The van der Waals surface area contributed by atoms with Gasteiger partial charge in [0.2, 0.25) is 0 Å². The van der Waals surface area contributed by atoms with Crippen molar-refractivity contribution in [3.8, 4) is 5.69 Å². The third-order valence-corrected chi connectivity index (χ3v) is 7.34. The average Bonchev–Trinajstić information content (AvgIpc) is 3.25. The molecule has 3 aromatic rings. The molecule has 5 nitrogen and oxygen atoms in total. The number of urea groups is 1. The number of hydrogen-bond acceptors (Lipinski definition) is 3. The van der Waals surface area contributed by atoms with Crippen LogP contribution in [0.3, 0.4) is 0 Å². The summed E-state index contributed by atoms with van der Waals surface area (Å²) in [6.45, 7) is 4.02. The van der Waals surface area contributed by atoms with Gasteiger partial charge in [0, 0.05) is 40.3 Å². The van der Waals surface area contributed by atoms with Crippen molar-refractivity contribution < 1.29 is 9.18 Å². The number of hydrogen-bond donors (Lipinski definition) is 2. The SMILES string of the molecule is CCC1(Sc2cn(-c3ccc(F)cc3)c3ccc(Cl)cc23)CNC(=O)N1CCNC. The van der Waals surface area contributed by atoms with E-state index in [0.717, 1.165) is 34.5 Å². The van der Waals surface area contributed by atoms with E-state index in [2.05, 4.69) is 23.8 Å². The summed E-state index contributed by atoms with van der Waals surface area (Å²) in [6, 6.07) is 12.2. The van der Waals surface area contributed by atoms with E-state index in [9.17, 15) is 9.18 Å². The quantitative estimate of drug-likeness (QED) is 0.544. The molecule has 0 saturated carbocycles. The number of likely N-dealkylation sites (N-methyl/N-ethyl adjacent to an activating group) is 1. The molecule has 1 aliphatic rings. The summed E-state index contributed by atoms with van der Waals surface area (Å²) in [6.07, 6.45) is 2.85. The Morgan fingerprint density at radius 2 is 2.03 bits per heavy atom. The Bertz CT molecular complexity index is 1070. The van der Waals surface area contributed by atoms with Crippen LogP contribution in [-0.2, 0) is 0 Å². The van der Waals surface area contributed by atoms with E-state index < -0.39 is 4.87 Å². The van der Waals surface area contributed by atoms with Crippen molar-refractivity contribution in [2.75, 3.05) is 26.7 Å². The lowest BCUT2D eigenvalue weighted by atomic mass is 10.2. The smallest absolute Gasteiger partial charge is 0.318 e. The highest BCUT2D eigenvalue weighted by Crippen LogP contribution is 2.44. The molecule has 8 heteroatoms. The van der Waals surface area contributed by atoms with Crippen LogP contribution in [0.15, 0.2) is 53.6 Å². The average molecular weight is 447 g/mol. The Hall–Kier alpha value is -2.22. The minimum absolute atomic E-state index is 0.0418. The number of aromatic nitrogens is 1. The van der Waals surface area contributed by atoms with Crippen molar-refractivity contribution in [1.82, 2.24) is 20.1 Å². The summed E-state index contributed by atoms with van der Waals surface area (Å²) in [5, 5.41) is 7.80. The number of carbonyl (C=O) groups is 1. The second-order valence-corrected chi connectivity index (χ2v) is 9.16. The van der Waals surface area contributed by atoms with Crippen molar-refractivity contribution >= 4 is 40.3 Å². The number of nitrogens with zero attached hydrogens (tertiary/aromatic N) is 2. The van der Waals surface area contributed by atoms with E-state index >= 15 is 0 Å². The maximum Gasteiger partial charge on any atom is 0.318 e. The molecule has 2 N–H and O–H groups in total. The van der Waals surface area contributed by atoms with Gasteiger partial charge in [0.05, 0.1) is 12.1 Å². The molecule has 1 unspecified atom stereocenters. The van der Waals surface area contributed by atoms with Gasteiger partial charge in [0.15, 0.2) is 0 Å². The lowest BCUT2D eigenvalue weighted by Crippen LogP contribution is -2.46. The fourth-order valence-electron chi connectivity index (χ4n) is 3.87. The molecule has 1 saturated heterocycles. The predicted molar refractivity (Wildman–Crippen MR) is 121 cm³/mol. The third kappa shape index (κ3) is 3.77. The van der Waals surface area contributed by atoms with Gasteiger partial charge in [-0.2, -0.15) is 0 Å². The number of halogens is 2. The topological polar surface area (TPSA) is 49.3 Å². The van der Waals surface area contributed by atoms with Gasteiger partial charge in [-0.15, -0.1) is 0 Å². The second kappa shape index (κ2) is 8.49. The van der Waals surface area contributed by atoms with Crippen LogP contribution in [0.25, 0.3) is 16.6 Å². The first-order valence-electron chi connectivity index (χ1n) is 9.93. The summed E-state index contributed by atoms with van der Waals surface area (Å²) in [5.74, 6) is -0.270. The van der Waals surface area contributed by atoms with Crippen LogP contribution in [0.5, 0.6) is 0 Å². The minimum atomic E-state index is -0.391. The zero-order valence-electron chi connectivity index (χ0n) is 16.9. The van der Waals surface area contributed by atoms with Crippen LogP contribution in [-0.4, -0.2) is 47.1 Å². The van der Waals surface area contributed by atoms with E-state index in [0.29, 0.717) is 18.1 Å². The summed E-state index contributed by atoms with van der Waals surface area (Å²) in [4.78, 5) is 15.1. The molecular formula is C22H24ClFN4OS. The Morgan fingerprint density at radius 1 is 1.27 bits per heavy atom. The second-order valence-electron chi connectivity index (χ2n) is 7.32. The van der Waals surface area contributed by atoms with E-state index in [1.807, 2.05) is 34.7 Å². The van der Waals surface area contributed by atoms with Crippen LogP contribution >= 0.6 is 23.4 Å². The summed E-state index contributed by atoms with van der Waals surface area (Å²) in [7, 11) is 1.88. The summed E-state index contributed by atoms with van der Waals surface area (Å²) < 4.78 is 15.5. The van der Waals surface area contributed by atoms with Crippen molar-refractivity contribution in [2.45, 2.75) is 23.1 Å². The lowest BCUT2D eigenvalue weighted by molar-refractivity contribution is 0.195. The highest BCUT2D eigenvalue weighted by Gasteiger charge is 2.45. The first kappa shape index (κ1) is 21.0. The third-order valence-electron chi connectivity index (χ3n) is 5.53. The van der Waals surface area contributed by atoms with E-state index in [1.54, 1.807) is 23.9 Å². The Morgan fingerprint density at radius 3 is 2.73 bits per heavy atom. The van der Waals surface area contributed by atoms with Crippen LogP contribution in [0.1, 0.15) is 13.3 Å². The molecule has 0 aliphatic carbocycles. The van der Waals surface area contributed by atoms with Gasteiger partial charge in [-0.25, -0.2) is 9.18 Å². The molecule has 0 bridgehead atoms. The van der Waals surface area contributed by atoms with Crippen LogP contribution in [0.4, 0.5) is 9.18 Å². The normalized spacial score (nSPS) is 18.9. The highest BCUT2D eigenvalue weighted by atomic mass is 35.5. The summed E-state index contributed by atoms with van der Waals surface area (Å²) in [5.41, 5.74) is 1.85. The Balaban J connectivity index is 1.79. The van der Waals surface area contributed by atoms with Crippen molar-refractivity contribution in [2.24, 2.45) is 0 Å². The number of nitrogens with one attached hydrogen (secondary N) is 2. The number of carbonyl (C=O) groups excluding carboxylic acids is 1. The van der Waals surface area contributed by atoms with Gasteiger partial charge >= 0.3 is 6.03 Å². The number of thioether (sulfide) groups is 1. The van der Waals surface area contributed by atoms with E-state index in [1.165, 1.54) is 12.1 Å². The molecule has 2 heterocycles. The number of fused-ring (bicyclic) bond motifs is 1. The van der Waals surface area contributed by atoms with Gasteiger partial charge in [0.1, 0.15) is 10.7 Å². The molecule has 2 aromatic carbocycles. The van der Waals surface area contributed by atoms with Crippen molar-refractivity contribution in [3.63, 3.8) is 0 Å². The monoisotopic (exact) mass is 446 g/mol. The van der Waals surface area contributed by atoms with Crippen LogP contribution in [0, 0.1) is 5.82 Å². The van der Waals surface area contributed by atoms with Crippen LogP contribution in [0.2, 0.25) is 5.02 Å². The fourth-order valence-corrected chi connectivity index (χ4v) is 5.46. The molecule has 4 rings (SSSR count). The van der Waals surface area contributed by atoms with Crippen LogP contribution < -0.4 is 10.6 Å². The predicted octanol–water partition coefficient (Wildman–Crippen LogP) is 4.87. The van der Waals surface area contributed by atoms with Gasteiger partial charge in [-0.05, 0) is 55.9 Å². The van der Waals surface area contributed by atoms with Gasteiger partial charge in [0.25, 0.3) is 0 Å². The molecule has 2 amide bonds. The Kier molecular flexibility index (Phi) is 5.95. The Labute approximate surface area is 184 Å². The minimum Gasteiger partial charge on any atom is -0.335 e. The molecule has 1 fully saturated rings. The van der Waals surface area contributed by atoms with E-state index in [4.69, 9.17) is 11.6 Å². The zero-order valence-corrected chi connectivity index (χ0v) is 18.5. The highest BCUT2D eigenvalue weighted by molar-refractivity contribution is 8.01. The zero-order chi connectivity index (χ0) is 21.3. The van der Waals surface area contributed by atoms with Gasteiger partial charge < -0.3 is 20.1 Å². The maximum atomic E-state index is 13.4. The summed E-state index contributed by atoms with van der Waals surface area (Å²) >= 11 is 8.00.